The van der Waals surface area contributed by atoms with Gasteiger partial charge in [-0.05, 0) is 42.3 Å². The van der Waals surface area contributed by atoms with Crippen molar-refractivity contribution in [1.29, 1.82) is 0 Å². The Kier molecular flexibility index (Phi) is 4.46. The monoisotopic (exact) mass is 374 g/mol. The first-order chi connectivity index (χ1) is 12.5. The number of fused-ring (bicyclic) bond motifs is 1. The van der Waals surface area contributed by atoms with Crippen LogP contribution >= 0.6 is 11.6 Å². The lowest BCUT2D eigenvalue weighted by atomic mass is 9.99. The highest BCUT2D eigenvalue weighted by atomic mass is 35.5. The maximum absolute atomic E-state index is 10.6. The van der Waals surface area contributed by atoms with Crippen LogP contribution in [0.2, 0.25) is 5.02 Å². The van der Waals surface area contributed by atoms with Crippen molar-refractivity contribution in [2.45, 2.75) is 37.6 Å². The van der Waals surface area contributed by atoms with Gasteiger partial charge in [0.1, 0.15) is 30.1 Å². The first-order valence-electron chi connectivity index (χ1n) is 8.34. The molecule has 1 fully saturated rings. The van der Waals surface area contributed by atoms with Gasteiger partial charge in [0, 0.05) is 22.8 Å². The molecule has 26 heavy (non-hydrogen) atoms. The lowest BCUT2D eigenvalue weighted by Crippen LogP contribution is -2.34. The molecule has 1 saturated heterocycles. The molecule has 4 rings (SSSR count). The van der Waals surface area contributed by atoms with Crippen molar-refractivity contribution in [3.05, 3.63) is 64.9 Å². The van der Waals surface area contributed by atoms with Gasteiger partial charge in [-0.3, -0.25) is 0 Å². The van der Waals surface area contributed by atoms with Crippen LogP contribution in [0.3, 0.4) is 0 Å². The summed E-state index contributed by atoms with van der Waals surface area (Å²) in [6, 6.07) is 10.5. The van der Waals surface area contributed by atoms with Gasteiger partial charge in [0.25, 0.3) is 0 Å². The zero-order chi connectivity index (χ0) is 18.4. The van der Waals surface area contributed by atoms with E-state index in [0.29, 0.717) is 16.2 Å². The van der Waals surface area contributed by atoms with E-state index in [4.69, 9.17) is 16.3 Å². The van der Waals surface area contributed by atoms with E-state index in [-0.39, 0.29) is 0 Å². The molecule has 5 atom stereocenters. The van der Waals surface area contributed by atoms with Gasteiger partial charge in [0.15, 0.2) is 6.23 Å². The van der Waals surface area contributed by atoms with Crippen molar-refractivity contribution in [3.8, 4) is 0 Å². The van der Waals surface area contributed by atoms with Gasteiger partial charge >= 0.3 is 0 Å². The van der Waals surface area contributed by atoms with Crippen molar-refractivity contribution in [1.82, 2.24) is 9.55 Å². The minimum absolute atomic E-state index is 0.474. The number of benzene rings is 1. The average Bonchev–Trinajstić information content (AvgIpc) is 3.18. The molecular weight excluding hydrogens is 356 g/mol. The molecule has 0 unspecified atom stereocenters. The Morgan fingerprint density at radius 3 is 2.77 bits per heavy atom. The number of aromatic nitrogens is 2. The second-order valence-electron chi connectivity index (χ2n) is 6.56. The second kappa shape index (κ2) is 6.64. The van der Waals surface area contributed by atoms with E-state index in [1.54, 1.807) is 41.2 Å². The molecule has 0 bridgehead atoms. The molecule has 0 radical (unpaired) electrons. The van der Waals surface area contributed by atoms with Gasteiger partial charge < -0.3 is 24.6 Å². The van der Waals surface area contributed by atoms with E-state index in [2.05, 4.69) is 4.98 Å². The van der Waals surface area contributed by atoms with Crippen LogP contribution in [0.1, 0.15) is 23.5 Å². The number of aliphatic hydroxyl groups excluding tert-OH is 3. The molecule has 0 saturated carbocycles. The molecular formula is C19H19ClN2O4. The fourth-order valence-electron chi connectivity index (χ4n) is 3.45. The highest BCUT2D eigenvalue weighted by Gasteiger charge is 2.47. The predicted molar refractivity (Wildman–Crippen MR) is 96.8 cm³/mol. The van der Waals surface area contributed by atoms with Crippen molar-refractivity contribution in [3.63, 3.8) is 0 Å². The maximum atomic E-state index is 10.6. The highest BCUT2D eigenvalue weighted by Crippen LogP contribution is 2.38. The summed E-state index contributed by atoms with van der Waals surface area (Å²) < 4.78 is 7.55. The van der Waals surface area contributed by atoms with E-state index in [0.717, 1.165) is 10.9 Å². The van der Waals surface area contributed by atoms with E-state index in [1.165, 1.54) is 0 Å². The molecule has 136 valence electrons. The number of nitrogens with zero attached hydrogens (tertiary/aromatic N) is 2. The summed E-state index contributed by atoms with van der Waals surface area (Å²) in [5.41, 5.74) is 2.22. The average molecular weight is 375 g/mol. The standard InChI is InChI=1S/C19H19ClN2O4/c1-10-5-7-21-18-13(10)6-8-22(18)19-16(25)15(24)17(26-19)14(23)11-3-2-4-12(20)9-11/h2-9,14-17,19,23-25H,1H3/t14-,15-,16+,17+,19+/m0/s1. The lowest BCUT2D eigenvalue weighted by Gasteiger charge is -2.21. The third-order valence-electron chi connectivity index (χ3n) is 4.88. The van der Waals surface area contributed by atoms with Crippen LogP contribution in [-0.4, -0.2) is 43.2 Å². The molecule has 1 aliphatic heterocycles. The number of hydrogen-bond donors (Lipinski definition) is 3. The van der Waals surface area contributed by atoms with E-state index in [9.17, 15) is 15.3 Å². The van der Waals surface area contributed by atoms with Gasteiger partial charge in [-0.15, -0.1) is 0 Å². The Bertz CT molecular complexity index is 944. The van der Waals surface area contributed by atoms with Crippen LogP contribution in [0.5, 0.6) is 0 Å². The Labute approximate surface area is 155 Å². The topological polar surface area (TPSA) is 87.7 Å². The summed E-state index contributed by atoms with van der Waals surface area (Å²) in [4.78, 5) is 4.36. The molecule has 1 aromatic carbocycles. The Hall–Kier alpha value is -1.96. The van der Waals surface area contributed by atoms with Crippen molar-refractivity contribution < 1.29 is 20.1 Å². The molecule has 6 nitrogen and oxygen atoms in total. The molecule has 1 aliphatic rings. The molecule has 0 aliphatic carbocycles. The zero-order valence-electron chi connectivity index (χ0n) is 14.0. The van der Waals surface area contributed by atoms with Crippen molar-refractivity contribution in [2.24, 2.45) is 0 Å². The first-order valence-corrected chi connectivity index (χ1v) is 8.72. The Morgan fingerprint density at radius 2 is 2.00 bits per heavy atom. The van der Waals surface area contributed by atoms with Crippen LogP contribution in [0.15, 0.2) is 48.8 Å². The quantitative estimate of drug-likeness (QED) is 0.655. The number of pyridine rings is 1. The maximum Gasteiger partial charge on any atom is 0.164 e. The van der Waals surface area contributed by atoms with E-state index in [1.807, 2.05) is 19.1 Å². The van der Waals surface area contributed by atoms with Crippen LogP contribution in [0.4, 0.5) is 0 Å². The minimum Gasteiger partial charge on any atom is -0.387 e. The first kappa shape index (κ1) is 17.5. The number of rotatable bonds is 3. The summed E-state index contributed by atoms with van der Waals surface area (Å²) in [7, 11) is 0. The number of halogens is 1. The molecule has 7 heteroatoms. The van der Waals surface area contributed by atoms with Crippen LogP contribution in [-0.2, 0) is 4.74 Å². The fraction of sp³-hybridized carbons (Fsp3) is 0.316. The Morgan fingerprint density at radius 1 is 1.19 bits per heavy atom. The number of aryl methyl sites for hydroxylation is 1. The second-order valence-corrected chi connectivity index (χ2v) is 7.00. The van der Waals surface area contributed by atoms with E-state index < -0.39 is 30.6 Å². The molecule has 3 aromatic rings. The number of aliphatic hydroxyl groups is 3. The number of ether oxygens (including phenoxy) is 1. The minimum atomic E-state index is -1.25. The van der Waals surface area contributed by atoms with Gasteiger partial charge in [-0.25, -0.2) is 4.98 Å². The molecule has 0 spiro atoms. The normalized spacial score (nSPS) is 27.1. The SMILES string of the molecule is Cc1ccnc2c1ccn2[C@@H]1O[C@H]([C@@H](O)c2cccc(Cl)c2)[C@@H](O)[C@H]1O. The van der Waals surface area contributed by atoms with Crippen LogP contribution in [0.25, 0.3) is 11.0 Å². The van der Waals surface area contributed by atoms with Crippen LogP contribution < -0.4 is 0 Å². The zero-order valence-corrected chi connectivity index (χ0v) is 14.8. The smallest absolute Gasteiger partial charge is 0.164 e. The number of hydrogen-bond acceptors (Lipinski definition) is 5. The summed E-state index contributed by atoms with van der Waals surface area (Å²) in [5, 5.41) is 33.0. The molecule has 2 aromatic heterocycles. The summed E-state index contributed by atoms with van der Waals surface area (Å²) in [6.45, 7) is 1.97. The summed E-state index contributed by atoms with van der Waals surface area (Å²) in [6.07, 6.45) is -1.97. The predicted octanol–water partition coefficient (Wildman–Crippen LogP) is 2.35. The fourth-order valence-corrected chi connectivity index (χ4v) is 3.65. The van der Waals surface area contributed by atoms with Gasteiger partial charge in [-0.2, -0.15) is 0 Å². The summed E-state index contributed by atoms with van der Waals surface area (Å²) >= 11 is 5.97. The largest absolute Gasteiger partial charge is 0.387 e. The summed E-state index contributed by atoms with van der Waals surface area (Å²) in [5.74, 6) is 0. The van der Waals surface area contributed by atoms with Crippen molar-refractivity contribution >= 4 is 22.6 Å². The van der Waals surface area contributed by atoms with Gasteiger partial charge in [0.05, 0.1) is 0 Å². The Balaban J connectivity index is 1.66. The lowest BCUT2D eigenvalue weighted by molar-refractivity contribution is -0.0848. The molecule has 3 N–H and O–H groups in total. The third-order valence-corrected chi connectivity index (χ3v) is 5.12. The molecule has 3 heterocycles. The molecule has 0 amide bonds. The van der Waals surface area contributed by atoms with Gasteiger partial charge in [-0.1, -0.05) is 23.7 Å². The van der Waals surface area contributed by atoms with Crippen molar-refractivity contribution in [2.75, 3.05) is 0 Å². The van der Waals surface area contributed by atoms with Gasteiger partial charge in [0.2, 0.25) is 0 Å². The van der Waals surface area contributed by atoms with Crippen LogP contribution in [0, 0.1) is 6.92 Å². The third kappa shape index (κ3) is 2.80. The van der Waals surface area contributed by atoms with E-state index >= 15 is 0 Å². The highest BCUT2D eigenvalue weighted by molar-refractivity contribution is 6.30.